The summed E-state index contributed by atoms with van der Waals surface area (Å²) in [6.45, 7) is 0.710. The van der Waals surface area contributed by atoms with Crippen molar-refractivity contribution in [3.8, 4) is 0 Å². The lowest BCUT2D eigenvalue weighted by Gasteiger charge is -2.07. The number of hydrogen-bond donors (Lipinski definition) is 2. The van der Waals surface area contributed by atoms with E-state index in [1.54, 1.807) is 6.07 Å². The maximum atomic E-state index is 11.2. The zero-order valence-electron chi connectivity index (χ0n) is 13.1. The van der Waals surface area contributed by atoms with Gasteiger partial charge in [-0.3, -0.25) is 4.79 Å². The van der Waals surface area contributed by atoms with Crippen LogP contribution in [0.15, 0.2) is 36.4 Å². The monoisotopic (exact) mass is 322 g/mol. The number of carbonyl (C=O) groups is 1. The first-order valence-corrected chi connectivity index (χ1v) is 8.06. The van der Waals surface area contributed by atoms with Gasteiger partial charge in [0.25, 0.3) is 0 Å². The zero-order chi connectivity index (χ0) is 16.5. The van der Waals surface area contributed by atoms with Crippen LogP contribution in [-0.4, -0.2) is 32.3 Å². The molecule has 1 aromatic carbocycles. The largest absolute Gasteiger partial charge is 0.368 e. The predicted molar refractivity (Wildman–Crippen MR) is 89.9 cm³/mol. The van der Waals surface area contributed by atoms with E-state index in [2.05, 4.69) is 20.6 Å². The summed E-state index contributed by atoms with van der Waals surface area (Å²) >= 11 is 0. The summed E-state index contributed by atoms with van der Waals surface area (Å²) in [5.74, 6) is 1.83. The van der Waals surface area contributed by atoms with Crippen molar-refractivity contribution in [3.05, 3.63) is 53.3 Å². The highest BCUT2D eigenvalue weighted by atomic mass is 16.1. The number of nitrogens with zero attached hydrogens (tertiary/aromatic N) is 4. The van der Waals surface area contributed by atoms with Crippen LogP contribution in [0.5, 0.6) is 0 Å². The summed E-state index contributed by atoms with van der Waals surface area (Å²) in [5, 5.41) is 16.3. The Bertz CT molecular complexity index is 899. The van der Waals surface area contributed by atoms with E-state index in [0.29, 0.717) is 18.0 Å². The number of benzene rings is 1. The molecule has 24 heavy (non-hydrogen) atoms. The Hall–Kier alpha value is -2.96. The van der Waals surface area contributed by atoms with Crippen molar-refractivity contribution in [1.29, 1.82) is 0 Å². The minimum Gasteiger partial charge on any atom is -0.368 e. The molecule has 2 aromatic heterocycles. The second-order valence-corrected chi connectivity index (χ2v) is 6.06. The lowest BCUT2D eigenvalue weighted by molar-refractivity contribution is 0.1000. The number of anilines is 1. The van der Waals surface area contributed by atoms with Crippen LogP contribution in [0.1, 0.15) is 40.5 Å². The van der Waals surface area contributed by atoms with Gasteiger partial charge in [-0.25, -0.2) is 0 Å². The first-order chi connectivity index (χ1) is 11.7. The van der Waals surface area contributed by atoms with Crippen LogP contribution in [0.4, 0.5) is 5.82 Å². The summed E-state index contributed by atoms with van der Waals surface area (Å²) in [6.07, 6.45) is 3.10. The molecule has 7 nitrogen and oxygen atoms in total. The first kappa shape index (κ1) is 14.6. The van der Waals surface area contributed by atoms with Crippen molar-refractivity contribution in [2.75, 3.05) is 11.9 Å². The molecule has 0 bridgehead atoms. The third kappa shape index (κ3) is 2.92. The molecule has 0 atom stereocenters. The van der Waals surface area contributed by atoms with Crippen LogP contribution < -0.4 is 11.1 Å². The summed E-state index contributed by atoms with van der Waals surface area (Å²) < 4.78 is 1.83. The SMILES string of the molecule is NC(=O)c1cccc(CCNc2ccc3nnc(C4CC4)n3n2)c1. The van der Waals surface area contributed by atoms with Gasteiger partial charge in [0.05, 0.1) is 0 Å². The highest BCUT2D eigenvalue weighted by molar-refractivity contribution is 5.92. The number of rotatable bonds is 6. The van der Waals surface area contributed by atoms with Gasteiger partial charge in [0.2, 0.25) is 5.91 Å². The molecule has 7 heteroatoms. The van der Waals surface area contributed by atoms with E-state index in [9.17, 15) is 4.79 Å². The average molecular weight is 322 g/mol. The molecule has 1 amide bonds. The number of primary amides is 1. The van der Waals surface area contributed by atoms with E-state index in [1.807, 2.05) is 34.8 Å². The van der Waals surface area contributed by atoms with Crippen molar-refractivity contribution in [1.82, 2.24) is 19.8 Å². The van der Waals surface area contributed by atoms with Crippen molar-refractivity contribution in [2.24, 2.45) is 5.73 Å². The fraction of sp³-hybridized carbons (Fsp3) is 0.294. The van der Waals surface area contributed by atoms with Crippen LogP contribution in [0.25, 0.3) is 5.65 Å². The van der Waals surface area contributed by atoms with Crippen molar-refractivity contribution in [2.45, 2.75) is 25.2 Å². The fourth-order valence-electron chi connectivity index (χ4n) is 2.71. The molecule has 1 aliphatic carbocycles. The normalized spacial score (nSPS) is 14.0. The molecule has 0 aliphatic heterocycles. The van der Waals surface area contributed by atoms with Crippen LogP contribution >= 0.6 is 0 Å². The van der Waals surface area contributed by atoms with Gasteiger partial charge >= 0.3 is 0 Å². The average Bonchev–Trinajstić information content (AvgIpc) is 3.35. The molecule has 1 fully saturated rings. The molecule has 1 saturated carbocycles. The van der Waals surface area contributed by atoms with Gasteiger partial charge in [0.15, 0.2) is 11.5 Å². The van der Waals surface area contributed by atoms with Crippen LogP contribution in [-0.2, 0) is 6.42 Å². The lowest BCUT2D eigenvalue weighted by atomic mass is 10.1. The van der Waals surface area contributed by atoms with Gasteiger partial charge in [-0.2, -0.15) is 4.52 Å². The minimum absolute atomic E-state index is 0.405. The summed E-state index contributed by atoms with van der Waals surface area (Å²) in [6, 6.07) is 11.2. The molecule has 3 N–H and O–H groups in total. The number of nitrogens with one attached hydrogen (secondary N) is 1. The Labute approximate surface area is 138 Å². The van der Waals surface area contributed by atoms with E-state index in [-0.39, 0.29) is 0 Å². The van der Waals surface area contributed by atoms with E-state index < -0.39 is 5.91 Å². The molecule has 0 unspecified atom stereocenters. The lowest BCUT2D eigenvalue weighted by Crippen LogP contribution is -2.12. The van der Waals surface area contributed by atoms with Gasteiger partial charge in [0, 0.05) is 18.0 Å². The molecule has 0 radical (unpaired) electrons. The second-order valence-electron chi connectivity index (χ2n) is 6.06. The second kappa shape index (κ2) is 5.92. The minimum atomic E-state index is -0.405. The molecular formula is C17H18N6O. The Kier molecular flexibility index (Phi) is 3.60. The quantitative estimate of drug-likeness (QED) is 0.720. The van der Waals surface area contributed by atoms with E-state index in [4.69, 9.17) is 5.73 Å². The Morgan fingerprint density at radius 2 is 2.12 bits per heavy atom. The van der Waals surface area contributed by atoms with E-state index in [1.165, 1.54) is 0 Å². The maximum Gasteiger partial charge on any atom is 0.248 e. The highest BCUT2D eigenvalue weighted by Crippen LogP contribution is 2.38. The van der Waals surface area contributed by atoms with Crippen LogP contribution in [0.3, 0.4) is 0 Å². The molecule has 0 spiro atoms. The number of hydrogen-bond acceptors (Lipinski definition) is 5. The number of aromatic nitrogens is 4. The summed E-state index contributed by atoms with van der Waals surface area (Å²) in [4.78, 5) is 11.2. The first-order valence-electron chi connectivity index (χ1n) is 8.06. The standard InChI is InChI=1S/C17H18N6O/c18-16(24)13-3-1-2-11(10-13)8-9-19-14-6-7-15-20-21-17(12-4-5-12)23(15)22-14/h1-3,6-7,10,12H,4-5,8-9H2,(H2,18,24)(H,19,22). The topological polar surface area (TPSA) is 98.2 Å². The van der Waals surface area contributed by atoms with Gasteiger partial charge in [-0.1, -0.05) is 12.1 Å². The molecule has 4 rings (SSSR count). The van der Waals surface area contributed by atoms with Gasteiger partial charge in [0.1, 0.15) is 5.82 Å². The zero-order valence-corrected chi connectivity index (χ0v) is 13.1. The molecule has 3 aromatic rings. The van der Waals surface area contributed by atoms with Crippen molar-refractivity contribution >= 4 is 17.4 Å². The summed E-state index contributed by atoms with van der Waals surface area (Å²) in [7, 11) is 0. The van der Waals surface area contributed by atoms with Gasteiger partial charge in [-0.05, 0) is 49.1 Å². The number of nitrogens with two attached hydrogens (primary N) is 1. The van der Waals surface area contributed by atoms with Crippen molar-refractivity contribution in [3.63, 3.8) is 0 Å². The van der Waals surface area contributed by atoms with Gasteiger partial charge < -0.3 is 11.1 Å². The van der Waals surface area contributed by atoms with E-state index in [0.717, 1.165) is 42.1 Å². The van der Waals surface area contributed by atoms with Crippen LogP contribution in [0, 0.1) is 0 Å². The molecule has 0 saturated heterocycles. The third-order valence-electron chi connectivity index (χ3n) is 4.16. The fourth-order valence-corrected chi connectivity index (χ4v) is 2.71. The molecule has 1 aliphatic rings. The number of fused-ring (bicyclic) bond motifs is 1. The number of amides is 1. The van der Waals surface area contributed by atoms with Gasteiger partial charge in [-0.15, -0.1) is 15.3 Å². The van der Waals surface area contributed by atoms with Crippen molar-refractivity contribution < 1.29 is 4.79 Å². The smallest absolute Gasteiger partial charge is 0.248 e. The Morgan fingerprint density at radius 3 is 2.92 bits per heavy atom. The Balaban J connectivity index is 1.44. The third-order valence-corrected chi connectivity index (χ3v) is 4.16. The predicted octanol–water partition coefficient (Wildman–Crippen LogP) is 1.76. The highest BCUT2D eigenvalue weighted by Gasteiger charge is 2.29. The maximum absolute atomic E-state index is 11.2. The Morgan fingerprint density at radius 1 is 1.25 bits per heavy atom. The molecule has 122 valence electrons. The van der Waals surface area contributed by atoms with Crippen LogP contribution in [0.2, 0.25) is 0 Å². The number of carbonyl (C=O) groups excluding carboxylic acids is 1. The van der Waals surface area contributed by atoms with E-state index >= 15 is 0 Å². The summed E-state index contributed by atoms with van der Waals surface area (Å²) in [5.41, 5.74) is 7.68. The molecular weight excluding hydrogens is 304 g/mol. The molecule has 2 heterocycles.